The van der Waals surface area contributed by atoms with Crippen LogP contribution in [0.15, 0.2) is 18.2 Å². The number of carbonyl (C=O) groups excluding carboxylic acids is 1. The molecule has 2 rings (SSSR count). The van der Waals surface area contributed by atoms with Crippen LogP contribution in [-0.2, 0) is 4.79 Å². The number of hydrogen-bond donors (Lipinski definition) is 1. The van der Waals surface area contributed by atoms with Gasteiger partial charge in [-0.2, -0.15) is 0 Å². The van der Waals surface area contributed by atoms with E-state index in [4.69, 9.17) is 16.7 Å². The molecular formula is C13H14ClNO3. The summed E-state index contributed by atoms with van der Waals surface area (Å²) in [5.41, 5.74) is 0.736. The number of amides is 1. The highest BCUT2D eigenvalue weighted by Gasteiger charge is 2.19. The molecule has 18 heavy (non-hydrogen) atoms. The van der Waals surface area contributed by atoms with Crippen molar-refractivity contribution < 1.29 is 14.7 Å². The molecule has 0 bridgehead atoms. The number of aromatic carboxylic acids is 1. The molecule has 1 aliphatic rings. The fourth-order valence-corrected chi connectivity index (χ4v) is 2.36. The Balaban J connectivity index is 2.30. The maximum absolute atomic E-state index is 11.9. The van der Waals surface area contributed by atoms with Gasteiger partial charge in [0, 0.05) is 18.7 Å². The maximum atomic E-state index is 11.9. The largest absolute Gasteiger partial charge is 0.478 e. The lowest BCUT2D eigenvalue weighted by atomic mass is 10.2. The molecule has 1 aromatic carbocycles. The third-order valence-electron chi connectivity index (χ3n) is 3.07. The van der Waals surface area contributed by atoms with Gasteiger partial charge in [-0.15, -0.1) is 0 Å². The van der Waals surface area contributed by atoms with E-state index in [1.165, 1.54) is 6.07 Å². The summed E-state index contributed by atoms with van der Waals surface area (Å²) < 4.78 is 0. The summed E-state index contributed by atoms with van der Waals surface area (Å²) in [5.74, 6) is -0.986. The Labute approximate surface area is 110 Å². The molecule has 1 aliphatic heterocycles. The van der Waals surface area contributed by atoms with Crippen molar-refractivity contribution in [2.24, 2.45) is 0 Å². The van der Waals surface area contributed by atoms with Gasteiger partial charge in [0.05, 0.1) is 10.6 Å². The lowest BCUT2D eigenvalue weighted by molar-refractivity contribution is -0.118. The molecule has 0 aliphatic carbocycles. The van der Waals surface area contributed by atoms with Crippen LogP contribution in [0.2, 0.25) is 5.02 Å². The second kappa shape index (κ2) is 5.40. The highest BCUT2D eigenvalue weighted by molar-refractivity contribution is 6.33. The number of nitrogens with zero attached hydrogens (tertiary/aromatic N) is 1. The molecule has 1 heterocycles. The standard InChI is InChI=1S/C13H14ClNO3/c14-11-8-9(5-6-10(11)13(17)18)15-7-3-1-2-4-12(15)16/h5-6,8H,1-4,7H2,(H,17,18). The Morgan fingerprint density at radius 2 is 2.06 bits per heavy atom. The van der Waals surface area contributed by atoms with Gasteiger partial charge in [0.1, 0.15) is 0 Å². The Hall–Kier alpha value is -1.55. The molecule has 1 amide bonds. The molecule has 1 aromatic rings. The molecule has 0 aromatic heterocycles. The van der Waals surface area contributed by atoms with Gasteiger partial charge in [-0.1, -0.05) is 18.0 Å². The smallest absolute Gasteiger partial charge is 0.337 e. The Morgan fingerprint density at radius 3 is 2.72 bits per heavy atom. The van der Waals surface area contributed by atoms with Crippen molar-refractivity contribution in [2.45, 2.75) is 25.7 Å². The normalized spacial score (nSPS) is 16.5. The van der Waals surface area contributed by atoms with Crippen molar-refractivity contribution in [3.05, 3.63) is 28.8 Å². The summed E-state index contributed by atoms with van der Waals surface area (Å²) >= 11 is 5.91. The molecule has 4 nitrogen and oxygen atoms in total. The Bertz CT molecular complexity index is 487. The number of benzene rings is 1. The first-order valence-corrected chi connectivity index (χ1v) is 6.30. The van der Waals surface area contributed by atoms with E-state index in [2.05, 4.69) is 0 Å². The van der Waals surface area contributed by atoms with Crippen LogP contribution in [0.1, 0.15) is 36.0 Å². The minimum Gasteiger partial charge on any atom is -0.478 e. The van der Waals surface area contributed by atoms with E-state index in [1.807, 2.05) is 0 Å². The van der Waals surface area contributed by atoms with E-state index < -0.39 is 5.97 Å². The van der Waals surface area contributed by atoms with Crippen LogP contribution >= 0.6 is 11.6 Å². The zero-order chi connectivity index (χ0) is 13.1. The van der Waals surface area contributed by atoms with Crippen molar-refractivity contribution >= 4 is 29.2 Å². The summed E-state index contributed by atoms with van der Waals surface area (Å²) in [4.78, 5) is 24.5. The summed E-state index contributed by atoms with van der Waals surface area (Å²) in [5, 5.41) is 9.06. The van der Waals surface area contributed by atoms with Crippen molar-refractivity contribution in [3.8, 4) is 0 Å². The van der Waals surface area contributed by atoms with Gasteiger partial charge in [0.25, 0.3) is 0 Å². The number of hydrogen-bond acceptors (Lipinski definition) is 2. The molecule has 0 radical (unpaired) electrons. The van der Waals surface area contributed by atoms with Crippen molar-refractivity contribution in [1.82, 2.24) is 0 Å². The van der Waals surface area contributed by atoms with Crippen LogP contribution < -0.4 is 4.90 Å². The SMILES string of the molecule is O=C(O)c1ccc(N2CCCCCC2=O)cc1Cl. The third-order valence-corrected chi connectivity index (χ3v) is 3.38. The summed E-state index contributed by atoms with van der Waals surface area (Å²) in [6, 6.07) is 4.63. The van der Waals surface area contributed by atoms with Crippen molar-refractivity contribution in [2.75, 3.05) is 11.4 Å². The van der Waals surface area contributed by atoms with E-state index >= 15 is 0 Å². The average molecular weight is 268 g/mol. The molecular weight excluding hydrogens is 254 g/mol. The van der Waals surface area contributed by atoms with Gasteiger partial charge in [0.15, 0.2) is 0 Å². The lowest BCUT2D eigenvalue weighted by Gasteiger charge is -2.21. The highest BCUT2D eigenvalue weighted by Crippen LogP contribution is 2.26. The van der Waals surface area contributed by atoms with E-state index in [-0.39, 0.29) is 16.5 Å². The van der Waals surface area contributed by atoms with Crippen LogP contribution in [0.25, 0.3) is 0 Å². The van der Waals surface area contributed by atoms with Crippen LogP contribution in [0.5, 0.6) is 0 Å². The van der Waals surface area contributed by atoms with Crippen molar-refractivity contribution in [3.63, 3.8) is 0 Å². The molecule has 1 saturated heterocycles. The number of halogens is 1. The minimum atomic E-state index is -1.06. The molecule has 0 atom stereocenters. The van der Waals surface area contributed by atoms with Gasteiger partial charge < -0.3 is 10.0 Å². The van der Waals surface area contributed by atoms with Gasteiger partial charge in [0.2, 0.25) is 5.91 Å². The topological polar surface area (TPSA) is 57.6 Å². The molecule has 0 spiro atoms. The van der Waals surface area contributed by atoms with Crippen LogP contribution in [0.4, 0.5) is 5.69 Å². The fraction of sp³-hybridized carbons (Fsp3) is 0.385. The molecule has 1 fully saturated rings. The molecule has 96 valence electrons. The zero-order valence-corrected chi connectivity index (χ0v) is 10.6. The van der Waals surface area contributed by atoms with Gasteiger partial charge in [-0.05, 0) is 31.0 Å². The second-order valence-corrected chi connectivity index (χ2v) is 4.73. The van der Waals surface area contributed by atoms with Crippen LogP contribution in [0, 0.1) is 0 Å². The van der Waals surface area contributed by atoms with E-state index in [1.54, 1.807) is 17.0 Å². The molecule has 1 N–H and O–H groups in total. The minimum absolute atomic E-state index is 0.0580. The first-order valence-electron chi connectivity index (χ1n) is 5.93. The quantitative estimate of drug-likeness (QED) is 0.896. The maximum Gasteiger partial charge on any atom is 0.337 e. The summed E-state index contributed by atoms with van der Waals surface area (Å²) in [6.45, 7) is 0.668. The zero-order valence-electron chi connectivity index (χ0n) is 9.86. The monoisotopic (exact) mass is 267 g/mol. The number of rotatable bonds is 2. The fourth-order valence-electron chi connectivity index (χ4n) is 2.10. The van der Waals surface area contributed by atoms with Gasteiger partial charge in [-0.25, -0.2) is 4.79 Å². The number of carboxylic acid groups (broad SMARTS) is 1. The Kier molecular flexibility index (Phi) is 3.87. The van der Waals surface area contributed by atoms with Gasteiger partial charge >= 0.3 is 5.97 Å². The predicted molar refractivity (Wildman–Crippen MR) is 69.2 cm³/mol. The molecule has 0 unspecified atom stereocenters. The average Bonchev–Trinajstić information content (AvgIpc) is 2.53. The first-order chi connectivity index (χ1) is 8.59. The second-order valence-electron chi connectivity index (χ2n) is 4.33. The molecule has 5 heteroatoms. The van der Waals surface area contributed by atoms with Gasteiger partial charge in [-0.3, -0.25) is 4.79 Å². The first kappa shape index (κ1) is 12.9. The van der Waals surface area contributed by atoms with Crippen LogP contribution in [0.3, 0.4) is 0 Å². The number of carbonyl (C=O) groups is 2. The summed E-state index contributed by atoms with van der Waals surface area (Å²) in [6.07, 6.45) is 3.46. The number of carboxylic acids is 1. The Morgan fingerprint density at radius 1 is 1.28 bits per heavy atom. The summed E-state index contributed by atoms with van der Waals surface area (Å²) in [7, 11) is 0. The van der Waals surface area contributed by atoms with Crippen LogP contribution in [-0.4, -0.2) is 23.5 Å². The number of anilines is 1. The molecule has 0 saturated carbocycles. The van der Waals surface area contributed by atoms with E-state index in [0.717, 1.165) is 19.3 Å². The highest BCUT2D eigenvalue weighted by atomic mass is 35.5. The van der Waals surface area contributed by atoms with E-state index in [9.17, 15) is 9.59 Å². The van der Waals surface area contributed by atoms with E-state index in [0.29, 0.717) is 18.7 Å². The van der Waals surface area contributed by atoms with Crippen molar-refractivity contribution in [1.29, 1.82) is 0 Å². The third kappa shape index (κ3) is 2.64. The predicted octanol–water partition coefficient (Wildman–Crippen LogP) is 2.95. The lowest BCUT2D eigenvalue weighted by Crippen LogP contribution is -2.30.